The number of hydrogen-bond donors (Lipinski definition) is 1. The normalized spacial score (nSPS) is 15.8. The number of rotatable bonds is 6. The number of carboxylic acid groups (broad SMARTS) is 1. The maximum Gasteiger partial charge on any atom is 0.336 e. The van der Waals surface area contributed by atoms with Crippen molar-refractivity contribution >= 4 is 17.1 Å². The van der Waals surface area contributed by atoms with E-state index in [1.807, 2.05) is 19.9 Å². The number of hydrogen-bond acceptors (Lipinski definition) is 2. The van der Waals surface area contributed by atoms with Crippen LogP contribution in [0.2, 0.25) is 0 Å². The fourth-order valence-electron chi connectivity index (χ4n) is 3.34. The summed E-state index contributed by atoms with van der Waals surface area (Å²) in [7, 11) is 0. The van der Waals surface area contributed by atoms with Crippen LogP contribution in [0.3, 0.4) is 0 Å². The predicted octanol–water partition coefficient (Wildman–Crippen LogP) is 4.13. The Labute approximate surface area is 142 Å². The molecule has 3 nitrogen and oxygen atoms in total. The summed E-state index contributed by atoms with van der Waals surface area (Å²) < 4.78 is 0. The van der Waals surface area contributed by atoms with Crippen molar-refractivity contribution in [2.45, 2.75) is 33.1 Å². The monoisotopic (exact) mass is 331 g/mol. The number of carbonyl (C=O) groups is 1. The largest absolute Gasteiger partial charge is 0.478 e. The molecule has 1 aromatic rings. The Balaban J connectivity index is 2.24. The number of allylic oxidation sites excluding steroid dienone is 1. The average Bonchev–Trinajstić information content (AvgIpc) is 2.41. The van der Waals surface area contributed by atoms with Crippen molar-refractivity contribution in [3.05, 3.63) is 46.7 Å². The van der Waals surface area contributed by atoms with Gasteiger partial charge in [0.05, 0.1) is 5.56 Å². The van der Waals surface area contributed by atoms with Gasteiger partial charge in [0.15, 0.2) is 0 Å². The topological polar surface area (TPSA) is 40.5 Å². The molecule has 0 spiro atoms. The van der Waals surface area contributed by atoms with Crippen LogP contribution < -0.4 is 0 Å². The van der Waals surface area contributed by atoms with Gasteiger partial charge in [0.1, 0.15) is 0 Å². The molecule has 0 amide bonds. The molecule has 1 heterocycles. The highest BCUT2D eigenvalue weighted by Gasteiger charge is 2.28. The second-order valence-electron chi connectivity index (χ2n) is 6.56. The Morgan fingerprint density at radius 2 is 2.17 bits per heavy atom. The summed E-state index contributed by atoms with van der Waals surface area (Å²) in [5, 5.41) is 9.67. The lowest BCUT2D eigenvalue weighted by molar-refractivity contribution is 0.0693. The first-order valence-corrected chi connectivity index (χ1v) is 8.97. The van der Waals surface area contributed by atoms with E-state index in [0.29, 0.717) is 11.5 Å². The van der Waals surface area contributed by atoms with Crippen LogP contribution in [0.25, 0.3) is 0 Å². The maximum atomic E-state index is 11.8. The van der Waals surface area contributed by atoms with Gasteiger partial charge in [0.2, 0.25) is 0 Å². The van der Waals surface area contributed by atoms with E-state index in [1.165, 1.54) is 11.2 Å². The van der Waals surface area contributed by atoms with Crippen molar-refractivity contribution in [3.63, 3.8) is 0 Å². The average molecular weight is 331 g/mol. The molecule has 23 heavy (non-hydrogen) atoms. The molecule has 0 saturated carbocycles. The molecule has 1 atom stereocenters. The number of benzene rings is 1. The number of nitrogens with zero attached hydrogens (tertiary/aromatic N) is 1. The van der Waals surface area contributed by atoms with Crippen LogP contribution in [0.1, 0.15) is 46.8 Å². The molecule has 1 N–H and O–H groups in total. The molecule has 2 rings (SSSR count). The third-order valence-electron chi connectivity index (χ3n) is 4.69. The molecule has 0 bridgehead atoms. The van der Waals surface area contributed by atoms with E-state index in [2.05, 4.69) is 24.5 Å². The summed E-state index contributed by atoms with van der Waals surface area (Å²) in [5.74, 6) is 0.713. The predicted molar refractivity (Wildman–Crippen MR) is 97.5 cm³/mol. The van der Waals surface area contributed by atoms with Crippen LogP contribution in [0, 0.1) is 18.5 Å². The molecule has 1 saturated heterocycles. The van der Waals surface area contributed by atoms with Crippen LogP contribution in [0.15, 0.2) is 24.4 Å². The van der Waals surface area contributed by atoms with E-state index in [4.69, 9.17) is 5.69 Å². The van der Waals surface area contributed by atoms with Gasteiger partial charge in [-0.3, -0.25) is 0 Å². The standard InChI is InChI=1S/C19H25NO2S/c1-12(2)20-9-15(10-20)8-16-6-7-17(13(3)11-23-5)14(4)18(16)19(21)22/h5-7,13,15H,1,8-11H2,2-4H3,(H,21,22)/t13-/m0/s1. The summed E-state index contributed by atoms with van der Waals surface area (Å²) in [5.41, 5.74) is 10.0. The first-order chi connectivity index (χ1) is 10.8. The van der Waals surface area contributed by atoms with Crippen molar-refractivity contribution in [2.24, 2.45) is 5.92 Å². The van der Waals surface area contributed by atoms with Crippen LogP contribution >= 0.6 is 11.2 Å². The van der Waals surface area contributed by atoms with Crippen LogP contribution in [0.5, 0.6) is 0 Å². The Morgan fingerprint density at radius 3 is 2.70 bits per heavy atom. The summed E-state index contributed by atoms with van der Waals surface area (Å²) in [6.45, 7) is 11.9. The minimum Gasteiger partial charge on any atom is -0.478 e. The summed E-state index contributed by atoms with van der Waals surface area (Å²) in [4.78, 5) is 14.0. The van der Waals surface area contributed by atoms with Crippen LogP contribution in [-0.2, 0) is 6.42 Å². The van der Waals surface area contributed by atoms with Gasteiger partial charge in [-0.05, 0) is 48.8 Å². The Morgan fingerprint density at radius 1 is 1.52 bits per heavy atom. The Kier molecular flexibility index (Phi) is 5.51. The first kappa shape index (κ1) is 17.6. The van der Waals surface area contributed by atoms with E-state index < -0.39 is 5.97 Å². The minimum absolute atomic E-state index is 0.250. The van der Waals surface area contributed by atoms with Crippen LogP contribution in [-0.4, -0.2) is 34.8 Å². The van der Waals surface area contributed by atoms with Crippen LogP contribution in [0.4, 0.5) is 0 Å². The maximum absolute atomic E-state index is 11.8. The molecular weight excluding hydrogens is 306 g/mol. The van der Waals surface area contributed by atoms with Crippen molar-refractivity contribution in [1.29, 1.82) is 0 Å². The lowest BCUT2D eigenvalue weighted by atomic mass is 9.85. The van der Waals surface area contributed by atoms with Crippen molar-refractivity contribution in [2.75, 3.05) is 18.8 Å². The summed E-state index contributed by atoms with van der Waals surface area (Å²) in [6, 6.07) is 4.07. The smallest absolute Gasteiger partial charge is 0.336 e. The van der Waals surface area contributed by atoms with Crippen molar-refractivity contribution < 1.29 is 9.90 Å². The van der Waals surface area contributed by atoms with E-state index in [1.54, 1.807) is 0 Å². The second-order valence-corrected chi connectivity index (χ2v) is 7.23. The van der Waals surface area contributed by atoms with E-state index >= 15 is 0 Å². The number of aromatic carboxylic acids is 1. The third kappa shape index (κ3) is 3.77. The first-order valence-electron chi connectivity index (χ1n) is 7.92. The van der Waals surface area contributed by atoms with Gasteiger partial charge in [0, 0.05) is 24.5 Å². The summed E-state index contributed by atoms with van der Waals surface area (Å²) in [6.07, 6.45) is 0.812. The molecule has 1 aliphatic rings. The fraction of sp³-hybridized carbons (Fsp3) is 0.474. The van der Waals surface area contributed by atoms with Gasteiger partial charge in [-0.2, -0.15) is 0 Å². The molecular formula is C19H25NO2S. The molecule has 1 aromatic carbocycles. The zero-order valence-electron chi connectivity index (χ0n) is 14.1. The van der Waals surface area contributed by atoms with Gasteiger partial charge in [0.25, 0.3) is 0 Å². The molecule has 4 heteroatoms. The highest BCUT2D eigenvalue weighted by molar-refractivity contribution is 7.88. The number of likely N-dealkylation sites (tertiary alicyclic amines) is 1. The zero-order valence-corrected chi connectivity index (χ0v) is 14.9. The molecule has 1 fully saturated rings. The van der Waals surface area contributed by atoms with Crippen molar-refractivity contribution in [1.82, 2.24) is 4.90 Å². The quantitative estimate of drug-likeness (QED) is 0.852. The molecule has 0 aromatic heterocycles. The highest BCUT2D eigenvalue weighted by atomic mass is 32.1. The third-order valence-corrected chi connectivity index (χ3v) is 5.38. The Hall–Kier alpha value is -1.77. The lowest BCUT2D eigenvalue weighted by Crippen LogP contribution is -2.46. The van der Waals surface area contributed by atoms with Gasteiger partial charge in [-0.1, -0.05) is 25.6 Å². The molecule has 0 unspecified atom stereocenters. The van der Waals surface area contributed by atoms with Crippen molar-refractivity contribution in [3.8, 4) is 5.69 Å². The minimum atomic E-state index is -0.831. The van der Waals surface area contributed by atoms with E-state index in [9.17, 15) is 9.90 Å². The second kappa shape index (κ2) is 7.20. The van der Waals surface area contributed by atoms with Gasteiger partial charge in [-0.25, -0.2) is 4.79 Å². The zero-order chi connectivity index (χ0) is 17.1. The van der Waals surface area contributed by atoms with Gasteiger partial charge in [-0.15, -0.1) is 16.9 Å². The summed E-state index contributed by atoms with van der Waals surface area (Å²) >= 11 is 1.30. The van der Waals surface area contributed by atoms with Gasteiger partial charge < -0.3 is 10.0 Å². The number of carboxylic acids is 1. The van der Waals surface area contributed by atoms with E-state index in [0.717, 1.165) is 47.7 Å². The molecule has 1 aliphatic heterocycles. The van der Waals surface area contributed by atoms with Gasteiger partial charge >= 0.3 is 5.97 Å². The molecule has 0 radical (unpaired) electrons. The van der Waals surface area contributed by atoms with E-state index in [-0.39, 0.29) is 5.92 Å². The Bertz CT molecular complexity index is 669. The molecule has 124 valence electrons. The highest BCUT2D eigenvalue weighted by Crippen LogP contribution is 2.30. The SMILES string of the molecule is C#SC[C@H](C)c1ccc(CC2CN(C(=C)C)C2)c(C(=O)O)c1C. The fourth-order valence-corrected chi connectivity index (χ4v) is 3.81. The molecule has 0 aliphatic carbocycles. The lowest BCUT2D eigenvalue weighted by Gasteiger charge is -2.41.